The zero-order valence-corrected chi connectivity index (χ0v) is 15.9. The Kier molecular flexibility index (Phi) is 5.43. The minimum atomic E-state index is -3.48. The highest BCUT2D eigenvalue weighted by atomic mass is 32.2. The Hall–Kier alpha value is -2.19. The van der Waals surface area contributed by atoms with Gasteiger partial charge in [-0.3, -0.25) is 9.48 Å². The number of amides is 1. The molecule has 1 heterocycles. The van der Waals surface area contributed by atoms with Crippen molar-refractivity contribution in [3.63, 3.8) is 0 Å². The topological polar surface area (TPSA) is 84.3 Å². The van der Waals surface area contributed by atoms with Crippen LogP contribution in [0.1, 0.15) is 34.5 Å². The molecule has 0 aliphatic heterocycles. The molecule has 0 unspecified atom stereocenters. The van der Waals surface area contributed by atoms with Gasteiger partial charge in [-0.1, -0.05) is 0 Å². The number of benzene rings is 1. The second-order valence-corrected chi connectivity index (χ2v) is 8.77. The molecule has 1 aromatic heterocycles. The Bertz CT molecular complexity index is 886. The molecule has 0 atom stereocenters. The van der Waals surface area contributed by atoms with Gasteiger partial charge in [0.1, 0.15) is 0 Å². The van der Waals surface area contributed by atoms with Crippen LogP contribution in [0.2, 0.25) is 0 Å². The van der Waals surface area contributed by atoms with Gasteiger partial charge in [0.2, 0.25) is 10.0 Å². The second kappa shape index (κ2) is 7.59. The summed E-state index contributed by atoms with van der Waals surface area (Å²) in [5, 5.41) is 7.28. The van der Waals surface area contributed by atoms with Gasteiger partial charge >= 0.3 is 0 Å². The number of hydrogen-bond acceptors (Lipinski definition) is 4. The Morgan fingerprint density at radius 2 is 1.88 bits per heavy atom. The normalized spacial score (nSPS) is 14.3. The molecule has 26 heavy (non-hydrogen) atoms. The first kappa shape index (κ1) is 18.6. The summed E-state index contributed by atoms with van der Waals surface area (Å²) in [6.07, 6.45) is 6.47. The van der Waals surface area contributed by atoms with E-state index in [-0.39, 0.29) is 10.8 Å². The minimum absolute atomic E-state index is 0.169. The lowest BCUT2D eigenvalue weighted by molar-refractivity contribution is 0.0951. The number of rotatable bonds is 6. The van der Waals surface area contributed by atoms with Crippen molar-refractivity contribution in [2.24, 2.45) is 0 Å². The van der Waals surface area contributed by atoms with Crippen LogP contribution in [0.25, 0.3) is 0 Å². The van der Waals surface area contributed by atoms with Gasteiger partial charge < -0.3 is 5.32 Å². The maximum absolute atomic E-state index is 12.3. The molecule has 0 bridgehead atoms. The maximum atomic E-state index is 12.3. The lowest BCUT2D eigenvalue weighted by atomic mass is 9.98. The van der Waals surface area contributed by atoms with Gasteiger partial charge in [0, 0.05) is 31.9 Å². The highest BCUT2D eigenvalue weighted by Crippen LogP contribution is 2.20. The molecule has 140 valence electrons. The Morgan fingerprint density at radius 3 is 2.58 bits per heavy atom. The number of nitrogens with one attached hydrogen (secondary N) is 1. The molecule has 1 amide bonds. The molecule has 1 N–H and O–H groups in total. The van der Waals surface area contributed by atoms with Crippen LogP contribution in [0.15, 0.2) is 35.4 Å². The molecular formula is C18H24N4O3S. The molecule has 0 fully saturated rings. The maximum Gasteiger partial charge on any atom is 0.251 e. The summed E-state index contributed by atoms with van der Waals surface area (Å²) in [6.45, 7) is 1.11. The van der Waals surface area contributed by atoms with E-state index >= 15 is 0 Å². The van der Waals surface area contributed by atoms with Crippen molar-refractivity contribution in [2.75, 3.05) is 20.6 Å². The molecule has 8 heteroatoms. The number of carbonyl (C=O) groups is 1. The van der Waals surface area contributed by atoms with E-state index in [0.29, 0.717) is 18.7 Å². The van der Waals surface area contributed by atoms with Crippen molar-refractivity contribution in [3.05, 3.63) is 47.3 Å². The van der Waals surface area contributed by atoms with Crippen molar-refractivity contribution in [3.8, 4) is 0 Å². The van der Waals surface area contributed by atoms with E-state index < -0.39 is 10.0 Å². The predicted molar refractivity (Wildman–Crippen MR) is 98.5 cm³/mol. The monoisotopic (exact) mass is 376 g/mol. The quantitative estimate of drug-likeness (QED) is 0.827. The largest absolute Gasteiger partial charge is 0.350 e. The molecule has 0 saturated carbocycles. The molecule has 0 saturated heterocycles. The zero-order chi connectivity index (χ0) is 18.7. The van der Waals surface area contributed by atoms with Crippen LogP contribution in [-0.4, -0.2) is 49.1 Å². The Balaban J connectivity index is 1.58. The molecule has 1 aliphatic carbocycles. The average Bonchev–Trinajstić information content (AvgIpc) is 3.05. The van der Waals surface area contributed by atoms with Crippen LogP contribution in [0.5, 0.6) is 0 Å². The minimum Gasteiger partial charge on any atom is -0.350 e. The summed E-state index contributed by atoms with van der Waals surface area (Å²) in [7, 11) is -0.532. The first-order chi connectivity index (χ1) is 12.4. The van der Waals surface area contributed by atoms with Gasteiger partial charge in [-0.25, -0.2) is 12.7 Å². The second-order valence-electron chi connectivity index (χ2n) is 6.61. The van der Waals surface area contributed by atoms with Crippen molar-refractivity contribution in [1.29, 1.82) is 0 Å². The highest BCUT2D eigenvalue weighted by Gasteiger charge is 2.18. The van der Waals surface area contributed by atoms with Crippen LogP contribution < -0.4 is 5.32 Å². The zero-order valence-electron chi connectivity index (χ0n) is 15.1. The number of carbonyl (C=O) groups excluding carboxylic acids is 1. The Labute approximate surface area is 154 Å². The molecular weight excluding hydrogens is 352 g/mol. The van der Waals surface area contributed by atoms with E-state index in [4.69, 9.17) is 0 Å². The highest BCUT2D eigenvalue weighted by molar-refractivity contribution is 7.89. The predicted octanol–water partition coefficient (Wildman–Crippen LogP) is 1.44. The van der Waals surface area contributed by atoms with Crippen LogP contribution in [0.4, 0.5) is 0 Å². The number of hydrogen-bond donors (Lipinski definition) is 1. The van der Waals surface area contributed by atoms with Gasteiger partial charge in [-0.05, 0) is 55.5 Å². The number of fused-ring (bicyclic) bond motifs is 1. The van der Waals surface area contributed by atoms with E-state index in [1.54, 1.807) is 0 Å². The van der Waals surface area contributed by atoms with E-state index in [2.05, 4.69) is 10.4 Å². The van der Waals surface area contributed by atoms with Gasteiger partial charge in [0.25, 0.3) is 5.91 Å². The molecule has 1 aliphatic rings. The van der Waals surface area contributed by atoms with Gasteiger partial charge in [0.05, 0.1) is 17.6 Å². The summed E-state index contributed by atoms with van der Waals surface area (Å²) in [6, 6.07) is 5.96. The standard InChI is InChI=1S/C18H24N4O3S/c1-21(2)26(24,25)16-9-7-14(8-10-16)18(23)19-11-12-22-17-6-4-3-5-15(17)13-20-22/h7-10,13H,3-6,11-12H2,1-2H3,(H,19,23). The van der Waals surface area contributed by atoms with Gasteiger partial charge in [-0.2, -0.15) is 5.10 Å². The van der Waals surface area contributed by atoms with Crippen LogP contribution >= 0.6 is 0 Å². The van der Waals surface area contributed by atoms with Gasteiger partial charge in [-0.15, -0.1) is 0 Å². The van der Waals surface area contributed by atoms with E-state index in [1.165, 1.54) is 62.5 Å². The molecule has 0 spiro atoms. The third kappa shape index (κ3) is 3.81. The summed E-state index contributed by atoms with van der Waals surface area (Å²) in [5.74, 6) is -0.222. The Morgan fingerprint density at radius 1 is 1.19 bits per heavy atom. The molecule has 7 nitrogen and oxygen atoms in total. The number of aryl methyl sites for hydroxylation is 1. The van der Waals surface area contributed by atoms with Crippen molar-refractivity contribution < 1.29 is 13.2 Å². The third-order valence-electron chi connectivity index (χ3n) is 4.65. The number of nitrogens with zero attached hydrogens (tertiary/aromatic N) is 3. The smallest absolute Gasteiger partial charge is 0.251 e. The first-order valence-corrected chi connectivity index (χ1v) is 10.2. The van der Waals surface area contributed by atoms with E-state index in [1.807, 2.05) is 10.9 Å². The van der Waals surface area contributed by atoms with Crippen molar-refractivity contribution in [2.45, 2.75) is 37.1 Å². The lowest BCUT2D eigenvalue weighted by Crippen LogP contribution is -2.28. The van der Waals surface area contributed by atoms with Crippen LogP contribution in [0.3, 0.4) is 0 Å². The number of sulfonamides is 1. The van der Waals surface area contributed by atoms with Crippen LogP contribution in [0, 0.1) is 0 Å². The molecule has 0 radical (unpaired) electrons. The fourth-order valence-electron chi connectivity index (χ4n) is 3.11. The van der Waals surface area contributed by atoms with E-state index in [9.17, 15) is 13.2 Å². The summed E-state index contributed by atoms with van der Waals surface area (Å²) in [5.41, 5.74) is 3.04. The third-order valence-corrected chi connectivity index (χ3v) is 6.48. The first-order valence-electron chi connectivity index (χ1n) is 8.74. The van der Waals surface area contributed by atoms with Crippen LogP contribution in [-0.2, 0) is 29.4 Å². The number of aromatic nitrogens is 2. The molecule has 2 aromatic rings. The SMILES string of the molecule is CN(C)S(=O)(=O)c1ccc(C(=O)NCCn2ncc3c2CCCC3)cc1. The summed E-state index contributed by atoms with van der Waals surface area (Å²) < 4.78 is 27.2. The van der Waals surface area contributed by atoms with Crippen molar-refractivity contribution >= 4 is 15.9 Å². The van der Waals surface area contributed by atoms with E-state index in [0.717, 1.165) is 17.1 Å². The summed E-state index contributed by atoms with van der Waals surface area (Å²) >= 11 is 0. The fourth-order valence-corrected chi connectivity index (χ4v) is 4.02. The summed E-state index contributed by atoms with van der Waals surface area (Å²) in [4.78, 5) is 12.4. The van der Waals surface area contributed by atoms with Gasteiger partial charge in [0.15, 0.2) is 0 Å². The molecule has 1 aromatic carbocycles. The molecule has 3 rings (SSSR count). The fraction of sp³-hybridized carbons (Fsp3) is 0.444. The average molecular weight is 376 g/mol. The lowest BCUT2D eigenvalue weighted by Gasteiger charge is -2.14. The van der Waals surface area contributed by atoms with Crippen molar-refractivity contribution in [1.82, 2.24) is 19.4 Å².